The molecule has 0 aliphatic carbocycles. The first kappa shape index (κ1) is 13.0. The Kier molecular flexibility index (Phi) is 3.86. The van der Waals surface area contributed by atoms with Gasteiger partial charge in [-0.05, 0) is 48.6 Å². The summed E-state index contributed by atoms with van der Waals surface area (Å²) in [5.74, 6) is 2.68. The van der Waals surface area contributed by atoms with E-state index in [0.717, 1.165) is 24.7 Å². The van der Waals surface area contributed by atoms with Crippen LogP contribution in [-0.2, 0) is 0 Å². The highest BCUT2D eigenvalue weighted by Gasteiger charge is 2.21. The Hall–Kier alpha value is -2.03. The molecule has 2 aromatic rings. The molecule has 0 radical (unpaired) electrons. The Morgan fingerprint density at radius 2 is 1.95 bits per heavy atom. The van der Waals surface area contributed by atoms with Crippen molar-refractivity contribution in [2.45, 2.75) is 18.8 Å². The van der Waals surface area contributed by atoms with E-state index in [4.69, 9.17) is 4.74 Å². The standard InChI is InChI=1S/C17H20N2O/c1-20-16-6-4-5-15(13-16)14-8-11-19(12-9-14)17-7-2-3-10-18-17/h2-7,10,13-14H,8-9,11-12H2,1H3. The zero-order valence-electron chi connectivity index (χ0n) is 11.8. The van der Waals surface area contributed by atoms with E-state index >= 15 is 0 Å². The van der Waals surface area contributed by atoms with Crippen LogP contribution in [0.3, 0.4) is 0 Å². The molecular formula is C17H20N2O. The summed E-state index contributed by atoms with van der Waals surface area (Å²) < 4.78 is 5.32. The van der Waals surface area contributed by atoms with Crippen LogP contribution >= 0.6 is 0 Å². The summed E-state index contributed by atoms with van der Waals surface area (Å²) in [4.78, 5) is 6.81. The molecule has 20 heavy (non-hydrogen) atoms. The second kappa shape index (κ2) is 5.95. The van der Waals surface area contributed by atoms with Gasteiger partial charge in [-0.25, -0.2) is 4.98 Å². The van der Waals surface area contributed by atoms with E-state index in [1.54, 1.807) is 7.11 Å². The molecule has 3 nitrogen and oxygen atoms in total. The number of ether oxygens (including phenoxy) is 1. The van der Waals surface area contributed by atoms with Crippen LogP contribution in [0.4, 0.5) is 5.82 Å². The van der Waals surface area contributed by atoms with E-state index in [2.05, 4.69) is 40.2 Å². The lowest BCUT2D eigenvalue weighted by Crippen LogP contribution is -2.33. The number of piperidine rings is 1. The highest BCUT2D eigenvalue weighted by atomic mass is 16.5. The number of hydrogen-bond donors (Lipinski definition) is 0. The van der Waals surface area contributed by atoms with Crippen LogP contribution in [0.1, 0.15) is 24.3 Å². The average Bonchev–Trinajstić information content (AvgIpc) is 2.56. The van der Waals surface area contributed by atoms with Gasteiger partial charge in [0.05, 0.1) is 7.11 Å². The minimum atomic E-state index is 0.630. The van der Waals surface area contributed by atoms with Gasteiger partial charge in [0.1, 0.15) is 11.6 Å². The third-order valence-corrected chi connectivity index (χ3v) is 4.03. The largest absolute Gasteiger partial charge is 0.497 e. The summed E-state index contributed by atoms with van der Waals surface area (Å²) >= 11 is 0. The second-order valence-corrected chi connectivity index (χ2v) is 5.23. The summed E-state index contributed by atoms with van der Waals surface area (Å²) in [6, 6.07) is 14.6. The maximum Gasteiger partial charge on any atom is 0.128 e. The van der Waals surface area contributed by atoms with Crippen molar-refractivity contribution in [3.63, 3.8) is 0 Å². The minimum Gasteiger partial charge on any atom is -0.497 e. The molecule has 1 aliphatic rings. The van der Waals surface area contributed by atoms with Crippen LogP contribution in [0, 0.1) is 0 Å². The number of pyridine rings is 1. The molecule has 3 rings (SSSR count). The van der Waals surface area contributed by atoms with E-state index < -0.39 is 0 Å². The van der Waals surface area contributed by atoms with Crippen molar-refractivity contribution in [1.29, 1.82) is 0 Å². The van der Waals surface area contributed by atoms with Crippen LogP contribution in [0.2, 0.25) is 0 Å². The number of anilines is 1. The van der Waals surface area contributed by atoms with Crippen LogP contribution in [0.5, 0.6) is 5.75 Å². The van der Waals surface area contributed by atoms with Gasteiger partial charge >= 0.3 is 0 Å². The zero-order valence-corrected chi connectivity index (χ0v) is 11.8. The second-order valence-electron chi connectivity index (χ2n) is 5.23. The van der Waals surface area contributed by atoms with Crippen molar-refractivity contribution in [3.05, 3.63) is 54.2 Å². The Bertz CT molecular complexity index is 548. The molecule has 1 saturated heterocycles. The van der Waals surface area contributed by atoms with Gasteiger partial charge in [0.25, 0.3) is 0 Å². The molecule has 1 aliphatic heterocycles. The summed E-state index contributed by atoms with van der Waals surface area (Å²) in [6.07, 6.45) is 4.21. The number of hydrogen-bond acceptors (Lipinski definition) is 3. The van der Waals surface area contributed by atoms with Crippen LogP contribution < -0.4 is 9.64 Å². The van der Waals surface area contributed by atoms with E-state index in [1.807, 2.05) is 18.3 Å². The van der Waals surface area contributed by atoms with Crippen molar-refractivity contribution in [1.82, 2.24) is 4.98 Å². The third-order valence-electron chi connectivity index (χ3n) is 4.03. The van der Waals surface area contributed by atoms with Crippen LogP contribution in [0.25, 0.3) is 0 Å². The molecule has 0 N–H and O–H groups in total. The predicted molar refractivity (Wildman–Crippen MR) is 81.4 cm³/mol. The fourth-order valence-corrected chi connectivity index (χ4v) is 2.88. The molecular weight excluding hydrogens is 248 g/mol. The summed E-state index contributed by atoms with van der Waals surface area (Å²) in [6.45, 7) is 2.14. The molecule has 0 spiro atoms. The molecule has 1 fully saturated rings. The normalized spacial score (nSPS) is 16.1. The molecule has 0 amide bonds. The summed E-state index contributed by atoms with van der Waals surface area (Å²) in [5.41, 5.74) is 1.39. The van der Waals surface area contributed by atoms with Crippen molar-refractivity contribution in [3.8, 4) is 5.75 Å². The predicted octanol–water partition coefficient (Wildman–Crippen LogP) is 3.47. The zero-order chi connectivity index (χ0) is 13.8. The monoisotopic (exact) mass is 268 g/mol. The highest BCUT2D eigenvalue weighted by Crippen LogP contribution is 2.31. The Morgan fingerprint density at radius 3 is 2.65 bits per heavy atom. The fraction of sp³-hybridized carbons (Fsp3) is 0.353. The SMILES string of the molecule is COc1cccc(C2CCN(c3ccccn3)CC2)c1. The fourth-order valence-electron chi connectivity index (χ4n) is 2.88. The van der Waals surface area contributed by atoms with Gasteiger partial charge in [-0.3, -0.25) is 0 Å². The van der Waals surface area contributed by atoms with Crippen molar-refractivity contribution in [2.24, 2.45) is 0 Å². The van der Waals surface area contributed by atoms with E-state index in [0.29, 0.717) is 5.92 Å². The summed E-state index contributed by atoms with van der Waals surface area (Å²) in [7, 11) is 1.72. The minimum absolute atomic E-state index is 0.630. The number of nitrogens with zero attached hydrogens (tertiary/aromatic N) is 2. The molecule has 104 valence electrons. The summed E-state index contributed by atoms with van der Waals surface area (Å²) in [5, 5.41) is 0. The first-order chi connectivity index (χ1) is 9.86. The molecule has 0 unspecified atom stereocenters. The molecule has 0 saturated carbocycles. The molecule has 1 aromatic carbocycles. The van der Waals surface area contributed by atoms with Crippen LogP contribution in [-0.4, -0.2) is 25.2 Å². The molecule has 1 aromatic heterocycles. The van der Waals surface area contributed by atoms with Gasteiger partial charge in [0.15, 0.2) is 0 Å². The van der Waals surface area contributed by atoms with E-state index in [-0.39, 0.29) is 0 Å². The first-order valence-corrected chi connectivity index (χ1v) is 7.17. The molecule has 3 heteroatoms. The number of aromatic nitrogens is 1. The Balaban J connectivity index is 1.66. The highest BCUT2D eigenvalue weighted by molar-refractivity contribution is 5.39. The Morgan fingerprint density at radius 1 is 1.10 bits per heavy atom. The van der Waals surface area contributed by atoms with Crippen molar-refractivity contribution < 1.29 is 4.74 Å². The smallest absolute Gasteiger partial charge is 0.128 e. The lowest BCUT2D eigenvalue weighted by molar-refractivity contribution is 0.412. The van der Waals surface area contributed by atoms with Gasteiger partial charge in [-0.2, -0.15) is 0 Å². The maximum atomic E-state index is 5.32. The maximum absolute atomic E-state index is 5.32. The lowest BCUT2D eigenvalue weighted by Gasteiger charge is -2.33. The van der Waals surface area contributed by atoms with Gasteiger partial charge in [-0.1, -0.05) is 18.2 Å². The van der Waals surface area contributed by atoms with Crippen molar-refractivity contribution >= 4 is 5.82 Å². The van der Waals surface area contributed by atoms with E-state index in [1.165, 1.54) is 18.4 Å². The molecule has 2 heterocycles. The van der Waals surface area contributed by atoms with Gasteiger partial charge < -0.3 is 9.64 Å². The van der Waals surface area contributed by atoms with Crippen LogP contribution in [0.15, 0.2) is 48.7 Å². The number of benzene rings is 1. The Labute approximate surface area is 120 Å². The number of methoxy groups -OCH3 is 1. The topological polar surface area (TPSA) is 25.4 Å². The van der Waals surface area contributed by atoms with Gasteiger partial charge in [0.2, 0.25) is 0 Å². The van der Waals surface area contributed by atoms with Crippen molar-refractivity contribution in [2.75, 3.05) is 25.1 Å². The third kappa shape index (κ3) is 2.77. The number of rotatable bonds is 3. The quantitative estimate of drug-likeness (QED) is 0.852. The average molecular weight is 268 g/mol. The lowest BCUT2D eigenvalue weighted by atomic mass is 9.89. The molecule has 0 atom stereocenters. The van der Waals surface area contributed by atoms with E-state index in [9.17, 15) is 0 Å². The van der Waals surface area contributed by atoms with Gasteiger partial charge in [-0.15, -0.1) is 0 Å². The molecule has 0 bridgehead atoms. The first-order valence-electron chi connectivity index (χ1n) is 7.17. The van der Waals surface area contributed by atoms with Gasteiger partial charge in [0, 0.05) is 19.3 Å².